The monoisotopic (exact) mass is 140 g/mol. The molecule has 1 atom stereocenters. The normalized spacial score (nSPS) is 21.2. The molecule has 58 valence electrons. The van der Waals surface area contributed by atoms with E-state index < -0.39 is 0 Å². The molecular weight excluding hydrogens is 124 g/mol. The van der Waals surface area contributed by atoms with E-state index in [1.807, 2.05) is 0 Å². The zero-order valence-electron chi connectivity index (χ0n) is 6.85. The van der Waals surface area contributed by atoms with Gasteiger partial charge in [-0.2, -0.15) is 0 Å². The van der Waals surface area contributed by atoms with Crippen LogP contribution in [0.4, 0.5) is 0 Å². The van der Waals surface area contributed by atoms with Crippen molar-refractivity contribution in [1.82, 2.24) is 5.32 Å². The van der Waals surface area contributed by atoms with E-state index in [1.165, 1.54) is 18.7 Å². The van der Waals surface area contributed by atoms with Gasteiger partial charge in [-0.3, -0.25) is 4.99 Å². The molecule has 0 saturated heterocycles. The first-order valence-corrected chi connectivity index (χ1v) is 4.12. The Labute approximate surface area is 62.7 Å². The van der Waals surface area contributed by atoms with Crippen molar-refractivity contribution in [1.29, 1.82) is 0 Å². The lowest BCUT2D eigenvalue weighted by Crippen LogP contribution is -2.33. The van der Waals surface area contributed by atoms with E-state index in [1.54, 1.807) is 0 Å². The smallest absolute Gasteiger partial charge is 0.0991 e. The minimum atomic E-state index is 0.625. The van der Waals surface area contributed by atoms with Crippen LogP contribution in [0, 0.1) is 5.92 Å². The highest BCUT2D eigenvalue weighted by atomic mass is 15.0. The van der Waals surface area contributed by atoms with Gasteiger partial charge < -0.3 is 5.32 Å². The first-order valence-electron chi connectivity index (χ1n) is 4.12. The number of aliphatic imine (C=N–C) groups is 1. The molecule has 1 aliphatic rings. The maximum atomic E-state index is 4.41. The molecule has 1 unspecified atom stereocenters. The molecule has 0 fully saturated rings. The molecule has 1 N–H and O–H groups in total. The summed E-state index contributed by atoms with van der Waals surface area (Å²) in [7, 11) is 0. The summed E-state index contributed by atoms with van der Waals surface area (Å²) in [4.78, 5) is 4.41. The third-order valence-electron chi connectivity index (χ3n) is 2.00. The molecule has 0 spiro atoms. The van der Waals surface area contributed by atoms with Crippen LogP contribution < -0.4 is 5.32 Å². The van der Waals surface area contributed by atoms with Crippen molar-refractivity contribution in [2.45, 2.75) is 26.7 Å². The summed E-state index contributed by atoms with van der Waals surface area (Å²) in [6.45, 7) is 6.55. The van der Waals surface area contributed by atoms with E-state index >= 15 is 0 Å². The molecule has 1 aliphatic heterocycles. The molecule has 0 aromatic heterocycles. The Morgan fingerprint density at radius 2 is 2.50 bits per heavy atom. The van der Waals surface area contributed by atoms with Crippen molar-refractivity contribution < 1.29 is 0 Å². The standard InChI is InChI=1S/C8H16N2/c1-3-7(2)8-9-5-4-6-10-8/h7H,3-6H2,1-2H3,(H,9,10). The van der Waals surface area contributed by atoms with E-state index in [0.29, 0.717) is 5.92 Å². The second-order valence-corrected chi connectivity index (χ2v) is 2.86. The molecule has 0 aliphatic carbocycles. The number of amidine groups is 1. The molecule has 1 rings (SSSR count). The molecule has 10 heavy (non-hydrogen) atoms. The number of nitrogens with one attached hydrogen (secondary N) is 1. The van der Waals surface area contributed by atoms with Crippen molar-refractivity contribution in [3.8, 4) is 0 Å². The van der Waals surface area contributed by atoms with Gasteiger partial charge in [0, 0.05) is 19.0 Å². The quantitative estimate of drug-likeness (QED) is 0.616. The average Bonchev–Trinajstić information content (AvgIpc) is 2.05. The predicted molar refractivity (Wildman–Crippen MR) is 44.4 cm³/mol. The van der Waals surface area contributed by atoms with Gasteiger partial charge in [-0.25, -0.2) is 0 Å². The summed E-state index contributed by atoms with van der Waals surface area (Å²) >= 11 is 0. The van der Waals surface area contributed by atoms with Gasteiger partial charge in [0.2, 0.25) is 0 Å². The van der Waals surface area contributed by atoms with E-state index in [4.69, 9.17) is 0 Å². The van der Waals surface area contributed by atoms with Crippen molar-refractivity contribution in [2.24, 2.45) is 10.9 Å². The van der Waals surface area contributed by atoms with Gasteiger partial charge in [-0.15, -0.1) is 0 Å². The second-order valence-electron chi connectivity index (χ2n) is 2.86. The van der Waals surface area contributed by atoms with Crippen molar-refractivity contribution in [3.05, 3.63) is 0 Å². The Bertz CT molecular complexity index is 129. The average molecular weight is 140 g/mol. The van der Waals surface area contributed by atoms with Crippen LogP contribution in [0.3, 0.4) is 0 Å². The van der Waals surface area contributed by atoms with Crippen LogP contribution in [0.15, 0.2) is 4.99 Å². The highest BCUT2D eigenvalue weighted by Crippen LogP contribution is 2.04. The molecule has 0 aromatic carbocycles. The van der Waals surface area contributed by atoms with Crippen LogP contribution >= 0.6 is 0 Å². The SMILES string of the molecule is CCC(C)C1=NCCCN1. The zero-order chi connectivity index (χ0) is 7.40. The number of rotatable bonds is 2. The summed E-state index contributed by atoms with van der Waals surface area (Å²) in [6.07, 6.45) is 2.38. The zero-order valence-corrected chi connectivity index (χ0v) is 6.85. The van der Waals surface area contributed by atoms with Crippen LogP contribution in [0.5, 0.6) is 0 Å². The summed E-state index contributed by atoms with van der Waals surface area (Å²) in [5, 5.41) is 3.32. The van der Waals surface area contributed by atoms with Crippen molar-refractivity contribution in [3.63, 3.8) is 0 Å². The van der Waals surface area contributed by atoms with Crippen molar-refractivity contribution >= 4 is 5.84 Å². The van der Waals surface area contributed by atoms with Crippen molar-refractivity contribution in [2.75, 3.05) is 13.1 Å². The molecule has 0 saturated carbocycles. The third-order valence-corrected chi connectivity index (χ3v) is 2.00. The molecule has 2 heteroatoms. The first-order chi connectivity index (χ1) is 4.84. The van der Waals surface area contributed by atoms with Crippen LogP contribution in [0.1, 0.15) is 26.7 Å². The van der Waals surface area contributed by atoms with Gasteiger partial charge >= 0.3 is 0 Å². The van der Waals surface area contributed by atoms with Gasteiger partial charge in [0.15, 0.2) is 0 Å². The highest BCUT2D eigenvalue weighted by molar-refractivity contribution is 5.84. The summed E-state index contributed by atoms with van der Waals surface area (Å²) in [5.41, 5.74) is 0. The molecule has 0 aromatic rings. The number of hydrogen-bond donors (Lipinski definition) is 1. The van der Waals surface area contributed by atoms with Gasteiger partial charge in [-0.1, -0.05) is 13.8 Å². The lowest BCUT2D eigenvalue weighted by atomic mass is 10.1. The van der Waals surface area contributed by atoms with Crippen LogP contribution in [-0.2, 0) is 0 Å². The second kappa shape index (κ2) is 3.59. The fourth-order valence-corrected chi connectivity index (χ4v) is 1.07. The fraction of sp³-hybridized carbons (Fsp3) is 0.875. The summed E-state index contributed by atoms with van der Waals surface area (Å²) in [5.74, 6) is 1.84. The van der Waals surface area contributed by atoms with E-state index in [0.717, 1.165) is 13.1 Å². The van der Waals surface area contributed by atoms with E-state index in [2.05, 4.69) is 24.2 Å². The lowest BCUT2D eigenvalue weighted by Gasteiger charge is -2.18. The molecule has 2 nitrogen and oxygen atoms in total. The Kier molecular flexibility index (Phi) is 2.72. The minimum absolute atomic E-state index is 0.625. The summed E-state index contributed by atoms with van der Waals surface area (Å²) < 4.78 is 0. The van der Waals surface area contributed by atoms with Crippen LogP contribution in [-0.4, -0.2) is 18.9 Å². The maximum absolute atomic E-state index is 4.41. The topological polar surface area (TPSA) is 24.4 Å². The van der Waals surface area contributed by atoms with E-state index in [9.17, 15) is 0 Å². The van der Waals surface area contributed by atoms with Gasteiger partial charge in [0.25, 0.3) is 0 Å². The Hall–Kier alpha value is -0.530. The first kappa shape index (κ1) is 7.58. The fourth-order valence-electron chi connectivity index (χ4n) is 1.07. The Morgan fingerprint density at radius 1 is 1.70 bits per heavy atom. The summed E-state index contributed by atoms with van der Waals surface area (Å²) in [6, 6.07) is 0. The molecule has 0 bridgehead atoms. The maximum Gasteiger partial charge on any atom is 0.0991 e. The highest BCUT2D eigenvalue weighted by Gasteiger charge is 2.09. The van der Waals surface area contributed by atoms with Gasteiger partial charge in [-0.05, 0) is 12.8 Å². The molecule has 0 amide bonds. The Morgan fingerprint density at radius 3 is 3.00 bits per heavy atom. The number of nitrogens with zero attached hydrogens (tertiary/aromatic N) is 1. The predicted octanol–water partition coefficient (Wildman–Crippen LogP) is 1.42. The minimum Gasteiger partial charge on any atom is -0.374 e. The Balaban J connectivity index is 2.44. The van der Waals surface area contributed by atoms with Crippen LogP contribution in [0.25, 0.3) is 0 Å². The van der Waals surface area contributed by atoms with Gasteiger partial charge in [0.05, 0.1) is 5.84 Å². The number of hydrogen-bond acceptors (Lipinski definition) is 2. The van der Waals surface area contributed by atoms with Gasteiger partial charge in [0.1, 0.15) is 0 Å². The van der Waals surface area contributed by atoms with E-state index in [-0.39, 0.29) is 0 Å². The molecule has 1 heterocycles. The molecule has 0 radical (unpaired) electrons. The van der Waals surface area contributed by atoms with Crippen LogP contribution in [0.2, 0.25) is 0 Å². The largest absolute Gasteiger partial charge is 0.374 e. The lowest BCUT2D eigenvalue weighted by molar-refractivity contribution is 0.649. The third kappa shape index (κ3) is 1.72. The molecular formula is C8H16N2.